The second kappa shape index (κ2) is 4.95. The highest BCUT2D eigenvalue weighted by Crippen LogP contribution is 2.25. The molecule has 0 aliphatic carbocycles. The Bertz CT molecular complexity index is 235. The molecule has 0 amide bonds. The summed E-state index contributed by atoms with van der Waals surface area (Å²) in [5.41, 5.74) is 0. The number of hydrogen-bond acceptors (Lipinski definition) is 6. The average Bonchev–Trinajstić information content (AvgIpc) is 2.87. The van der Waals surface area contributed by atoms with E-state index in [0.717, 1.165) is 25.9 Å². The van der Waals surface area contributed by atoms with E-state index in [-0.39, 0.29) is 0 Å². The lowest BCUT2D eigenvalue weighted by atomic mass is 10.1. The summed E-state index contributed by atoms with van der Waals surface area (Å²) in [6.07, 6.45) is -0.697. The van der Waals surface area contributed by atoms with E-state index in [9.17, 15) is 15.3 Å². The fourth-order valence-corrected chi connectivity index (χ4v) is 2.62. The minimum atomic E-state index is -1.02. The molecular weight excluding hydrogens is 212 g/mol. The standard InChI is InChI=1S/C10H20N2O4/c13-6-8(15)9-10(16)7(14)5-12(9)11-3-1-2-4-11/h7-10,13-16H,1-6H2/t7?,8-,9?,10?/m1/s1. The van der Waals surface area contributed by atoms with Gasteiger partial charge in [-0.2, -0.15) is 0 Å². The molecule has 2 aliphatic heterocycles. The second-order valence-corrected chi connectivity index (χ2v) is 4.58. The average molecular weight is 232 g/mol. The van der Waals surface area contributed by atoms with Crippen molar-refractivity contribution in [2.75, 3.05) is 26.2 Å². The van der Waals surface area contributed by atoms with Crippen LogP contribution in [0.5, 0.6) is 0 Å². The zero-order chi connectivity index (χ0) is 11.7. The molecule has 94 valence electrons. The van der Waals surface area contributed by atoms with Crippen LogP contribution in [0.25, 0.3) is 0 Å². The SMILES string of the molecule is OC[C@@H](O)C1C(O)C(O)CN1N1CCCC1. The van der Waals surface area contributed by atoms with Crippen molar-refractivity contribution in [1.82, 2.24) is 10.0 Å². The molecule has 4 atom stereocenters. The molecule has 2 rings (SSSR count). The van der Waals surface area contributed by atoms with Crippen LogP contribution in [0.4, 0.5) is 0 Å². The van der Waals surface area contributed by atoms with E-state index in [2.05, 4.69) is 0 Å². The van der Waals surface area contributed by atoms with E-state index in [1.54, 1.807) is 0 Å². The van der Waals surface area contributed by atoms with Crippen molar-refractivity contribution >= 4 is 0 Å². The number of aliphatic hydroxyl groups is 4. The fraction of sp³-hybridized carbons (Fsp3) is 1.00. The molecule has 0 aromatic rings. The number of nitrogens with zero attached hydrogens (tertiary/aromatic N) is 2. The summed E-state index contributed by atoms with van der Waals surface area (Å²) in [7, 11) is 0. The molecule has 3 unspecified atom stereocenters. The van der Waals surface area contributed by atoms with Crippen molar-refractivity contribution in [3.63, 3.8) is 0 Å². The van der Waals surface area contributed by atoms with Crippen LogP contribution in [0.3, 0.4) is 0 Å². The summed E-state index contributed by atoms with van der Waals surface area (Å²) in [5.74, 6) is 0. The van der Waals surface area contributed by atoms with Crippen LogP contribution in [0, 0.1) is 0 Å². The van der Waals surface area contributed by atoms with Crippen molar-refractivity contribution in [2.45, 2.75) is 37.2 Å². The monoisotopic (exact) mass is 232 g/mol. The van der Waals surface area contributed by atoms with E-state index >= 15 is 0 Å². The molecule has 2 saturated heterocycles. The first kappa shape index (κ1) is 12.2. The topological polar surface area (TPSA) is 87.4 Å². The van der Waals surface area contributed by atoms with Crippen molar-refractivity contribution in [1.29, 1.82) is 0 Å². The Morgan fingerprint density at radius 3 is 2.38 bits per heavy atom. The minimum absolute atomic E-state index is 0.322. The number of β-amino-alcohol motifs (C(OH)–C–C–N with tert-alkyl or cyclic N) is 1. The van der Waals surface area contributed by atoms with Crippen LogP contribution in [-0.4, -0.2) is 81.0 Å². The second-order valence-electron chi connectivity index (χ2n) is 4.58. The lowest BCUT2D eigenvalue weighted by molar-refractivity contribution is -0.0951. The highest BCUT2D eigenvalue weighted by Gasteiger charge is 2.46. The van der Waals surface area contributed by atoms with Gasteiger partial charge >= 0.3 is 0 Å². The number of rotatable bonds is 3. The first-order valence-corrected chi connectivity index (χ1v) is 5.81. The predicted molar refractivity (Wildman–Crippen MR) is 56.4 cm³/mol. The van der Waals surface area contributed by atoms with Crippen LogP contribution in [-0.2, 0) is 0 Å². The molecule has 6 heteroatoms. The van der Waals surface area contributed by atoms with Gasteiger partial charge in [0.25, 0.3) is 0 Å². The summed E-state index contributed by atoms with van der Waals surface area (Å²) >= 11 is 0. The summed E-state index contributed by atoms with van der Waals surface area (Å²) in [6.45, 7) is 1.68. The third-order valence-corrected chi connectivity index (χ3v) is 3.49. The van der Waals surface area contributed by atoms with Crippen LogP contribution in [0.15, 0.2) is 0 Å². The van der Waals surface area contributed by atoms with Gasteiger partial charge in [0.1, 0.15) is 6.10 Å². The molecular formula is C10H20N2O4. The van der Waals surface area contributed by atoms with Gasteiger partial charge in [0.15, 0.2) is 0 Å². The zero-order valence-corrected chi connectivity index (χ0v) is 9.24. The lowest BCUT2D eigenvalue weighted by Gasteiger charge is -2.35. The molecule has 6 nitrogen and oxygen atoms in total. The van der Waals surface area contributed by atoms with Gasteiger partial charge in [-0.1, -0.05) is 0 Å². The smallest absolute Gasteiger partial charge is 0.101 e. The number of hydrogen-bond donors (Lipinski definition) is 4. The molecule has 0 saturated carbocycles. The number of aliphatic hydroxyl groups excluding tert-OH is 4. The predicted octanol–water partition coefficient (Wildman–Crippen LogP) is -2.24. The first-order chi connectivity index (χ1) is 7.65. The van der Waals surface area contributed by atoms with Gasteiger partial charge in [0.05, 0.1) is 24.9 Å². The van der Waals surface area contributed by atoms with Gasteiger partial charge in [-0.15, -0.1) is 0 Å². The Morgan fingerprint density at radius 1 is 1.19 bits per heavy atom. The molecule has 16 heavy (non-hydrogen) atoms. The highest BCUT2D eigenvalue weighted by molar-refractivity contribution is 4.96. The molecule has 2 heterocycles. The molecule has 2 fully saturated rings. The molecule has 0 aromatic heterocycles. The zero-order valence-electron chi connectivity index (χ0n) is 9.24. The Hall–Kier alpha value is -0.240. The van der Waals surface area contributed by atoms with E-state index < -0.39 is 31.0 Å². The van der Waals surface area contributed by atoms with E-state index in [4.69, 9.17) is 5.11 Å². The Morgan fingerprint density at radius 2 is 1.81 bits per heavy atom. The molecule has 2 aliphatic rings. The van der Waals surface area contributed by atoms with E-state index in [0.29, 0.717) is 6.54 Å². The lowest BCUT2D eigenvalue weighted by Crippen LogP contribution is -2.53. The van der Waals surface area contributed by atoms with Crippen LogP contribution >= 0.6 is 0 Å². The minimum Gasteiger partial charge on any atom is -0.394 e. The van der Waals surface area contributed by atoms with Crippen molar-refractivity contribution in [3.8, 4) is 0 Å². The van der Waals surface area contributed by atoms with Crippen LogP contribution in [0.2, 0.25) is 0 Å². The Labute approximate surface area is 94.7 Å². The molecule has 0 aromatic carbocycles. The van der Waals surface area contributed by atoms with Gasteiger partial charge in [0.2, 0.25) is 0 Å². The largest absolute Gasteiger partial charge is 0.394 e. The maximum Gasteiger partial charge on any atom is 0.101 e. The van der Waals surface area contributed by atoms with E-state index in [1.165, 1.54) is 0 Å². The summed E-state index contributed by atoms with van der Waals surface area (Å²) in [6, 6.07) is -0.599. The maximum atomic E-state index is 9.80. The third kappa shape index (κ3) is 2.09. The summed E-state index contributed by atoms with van der Waals surface area (Å²) < 4.78 is 0. The fourth-order valence-electron chi connectivity index (χ4n) is 2.62. The first-order valence-electron chi connectivity index (χ1n) is 5.81. The molecule has 0 spiro atoms. The summed E-state index contributed by atoms with van der Waals surface area (Å²) in [4.78, 5) is 0. The van der Waals surface area contributed by atoms with Gasteiger partial charge in [-0.05, 0) is 12.8 Å². The van der Waals surface area contributed by atoms with Crippen LogP contribution < -0.4 is 0 Å². The van der Waals surface area contributed by atoms with Gasteiger partial charge < -0.3 is 20.4 Å². The van der Waals surface area contributed by atoms with Gasteiger partial charge in [0, 0.05) is 19.6 Å². The van der Waals surface area contributed by atoms with Crippen molar-refractivity contribution in [3.05, 3.63) is 0 Å². The van der Waals surface area contributed by atoms with Gasteiger partial charge in [-0.25, -0.2) is 10.0 Å². The highest BCUT2D eigenvalue weighted by atomic mass is 16.3. The molecule has 0 bridgehead atoms. The number of hydrazine groups is 1. The maximum absolute atomic E-state index is 9.80. The Kier molecular flexibility index (Phi) is 3.78. The Balaban J connectivity index is 2.09. The quantitative estimate of drug-likeness (QED) is 0.440. The molecule has 4 N–H and O–H groups in total. The van der Waals surface area contributed by atoms with Crippen molar-refractivity contribution in [2.24, 2.45) is 0 Å². The molecule has 0 radical (unpaired) electrons. The summed E-state index contributed by atoms with van der Waals surface area (Å²) in [5, 5.41) is 41.9. The van der Waals surface area contributed by atoms with Gasteiger partial charge in [-0.3, -0.25) is 0 Å². The normalized spacial score (nSPS) is 39.4. The van der Waals surface area contributed by atoms with E-state index in [1.807, 2.05) is 10.0 Å². The third-order valence-electron chi connectivity index (χ3n) is 3.49. The van der Waals surface area contributed by atoms with Crippen molar-refractivity contribution < 1.29 is 20.4 Å². The van der Waals surface area contributed by atoms with Crippen LogP contribution in [0.1, 0.15) is 12.8 Å².